The quantitative estimate of drug-likeness (QED) is 0.299. The van der Waals surface area contributed by atoms with Crippen LogP contribution in [0.2, 0.25) is 0 Å². The van der Waals surface area contributed by atoms with Gasteiger partial charge in [0.25, 0.3) is 0 Å². The summed E-state index contributed by atoms with van der Waals surface area (Å²) in [6.45, 7) is 10.3. The minimum atomic E-state index is -0.292. The number of H-pyrrole nitrogens is 1. The molecule has 0 aliphatic heterocycles. The molecule has 0 spiro atoms. The number of nitrogens with zero attached hydrogens (tertiary/aromatic N) is 2. The van der Waals surface area contributed by atoms with E-state index in [1.807, 2.05) is 40.8 Å². The molecule has 6 nitrogen and oxygen atoms in total. The largest absolute Gasteiger partial charge is 0.326 e. The smallest absolute Gasteiger partial charge is 0.306 e. The molecule has 1 N–H and O–H groups in total. The first-order chi connectivity index (χ1) is 15.4. The van der Waals surface area contributed by atoms with Crippen molar-refractivity contribution in [2.24, 2.45) is 13.0 Å². The van der Waals surface area contributed by atoms with E-state index in [1.54, 1.807) is 4.57 Å². The number of imidazole rings is 1. The van der Waals surface area contributed by atoms with Crippen molar-refractivity contribution >= 4 is 35.6 Å². The fourth-order valence-corrected chi connectivity index (χ4v) is 3.54. The average molecular weight is 470 g/mol. The van der Waals surface area contributed by atoms with Gasteiger partial charge >= 0.3 is 5.69 Å². The molecular formula is C24H40FN3O3S. The predicted octanol–water partition coefficient (Wildman–Crippen LogP) is 6.17. The minimum absolute atomic E-state index is 0.0304. The van der Waals surface area contributed by atoms with Gasteiger partial charge in [-0.2, -0.15) is 0 Å². The summed E-state index contributed by atoms with van der Waals surface area (Å²) in [5, 5.41) is 0. The highest BCUT2D eigenvalue weighted by molar-refractivity contribution is 7.92. The van der Waals surface area contributed by atoms with Gasteiger partial charge in [0, 0.05) is 26.9 Å². The van der Waals surface area contributed by atoms with Crippen molar-refractivity contribution in [3.63, 3.8) is 0 Å². The van der Waals surface area contributed by atoms with Crippen molar-refractivity contribution in [2.45, 2.75) is 79.1 Å². The molecule has 1 amide bonds. The highest BCUT2D eigenvalue weighted by Gasteiger charge is 2.28. The van der Waals surface area contributed by atoms with Crippen LogP contribution in [-0.4, -0.2) is 33.1 Å². The minimum Gasteiger partial charge on any atom is -0.306 e. The summed E-state index contributed by atoms with van der Waals surface area (Å²) in [7, 11) is 3.18. The Morgan fingerprint density at radius 3 is 2.44 bits per heavy atom. The molecule has 2 aromatic rings. The maximum Gasteiger partial charge on any atom is 0.326 e. The van der Waals surface area contributed by atoms with Crippen LogP contribution in [0.3, 0.4) is 0 Å². The Labute approximate surface area is 196 Å². The lowest BCUT2D eigenvalue weighted by atomic mass is 9.70. The molecule has 1 aliphatic rings. The van der Waals surface area contributed by atoms with Gasteiger partial charge in [0.05, 0.1) is 11.0 Å². The summed E-state index contributed by atoms with van der Waals surface area (Å²) in [5.41, 5.74) is 3.31. The van der Waals surface area contributed by atoms with Crippen LogP contribution in [0.5, 0.6) is 0 Å². The standard InChI is InChI=1S/C14H18N2O.C6H10FNO2S.2C2H6/c1-3-9-6-11(7-9)10-4-5-12-13(8-10)16(2)14(17)15-12;1-8(11-7)6(10)4-2-3-5-9;2*1-2/h4-5,8-9,11H,3,6-7H2,1-2H3,(H,15,17);5H,2-4H2,1H3;2*1-2H3. The van der Waals surface area contributed by atoms with Crippen molar-refractivity contribution < 1.29 is 13.5 Å². The Morgan fingerprint density at radius 1 is 1.28 bits per heavy atom. The van der Waals surface area contributed by atoms with E-state index in [4.69, 9.17) is 0 Å². The second kappa shape index (κ2) is 16.5. The Morgan fingerprint density at radius 2 is 1.91 bits per heavy atom. The lowest BCUT2D eigenvalue weighted by Crippen LogP contribution is -2.21. The summed E-state index contributed by atoms with van der Waals surface area (Å²) in [6, 6.07) is 6.37. The summed E-state index contributed by atoms with van der Waals surface area (Å²) in [5.74, 6) is 1.32. The number of hydrogen-bond acceptors (Lipinski definition) is 4. The van der Waals surface area contributed by atoms with Gasteiger partial charge in [-0.25, -0.2) is 4.79 Å². The molecule has 182 valence electrons. The number of halogens is 1. The third kappa shape index (κ3) is 8.81. The van der Waals surface area contributed by atoms with Gasteiger partial charge in [0.15, 0.2) is 12.3 Å². The molecule has 0 unspecified atom stereocenters. The highest BCUT2D eigenvalue weighted by Crippen LogP contribution is 2.43. The number of carbonyl (C=O) groups is 2. The lowest BCUT2D eigenvalue weighted by Gasteiger charge is -2.35. The van der Waals surface area contributed by atoms with Gasteiger partial charge < -0.3 is 9.78 Å². The van der Waals surface area contributed by atoms with Gasteiger partial charge in [-0.05, 0) is 48.8 Å². The van der Waals surface area contributed by atoms with E-state index < -0.39 is 0 Å². The zero-order valence-corrected chi connectivity index (χ0v) is 21.4. The summed E-state index contributed by atoms with van der Waals surface area (Å²) >= 11 is -0.114. The lowest BCUT2D eigenvalue weighted by molar-refractivity contribution is -0.125. The number of carbonyl (C=O) groups excluding carboxylic acids is 2. The van der Waals surface area contributed by atoms with E-state index in [0.717, 1.165) is 27.5 Å². The number of aromatic amines is 1. The maximum absolute atomic E-state index is 11.7. The first-order valence-corrected chi connectivity index (χ1v) is 12.3. The molecule has 1 fully saturated rings. The molecule has 1 heterocycles. The SMILES string of the molecule is CC.CC.CCC1CC(c2ccc3[nH]c(=O)n(C)c3c2)C1.CN(SF)C(=O)CCCC=O. The number of aldehydes is 1. The van der Waals surface area contributed by atoms with E-state index >= 15 is 0 Å². The molecule has 1 aromatic heterocycles. The normalized spacial score (nSPS) is 16.2. The van der Waals surface area contributed by atoms with E-state index in [9.17, 15) is 18.3 Å². The van der Waals surface area contributed by atoms with Crippen molar-refractivity contribution in [2.75, 3.05) is 7.05 Å². The number of aryl methyl sites for hydroxylation is 1. The predicted molar refractivity (Wildman–Crippen MR) is 133 cm³/mol. The molecule has 0 radical (unpaired) electrons. The second-order valence-electron chi connectivity index (χ2n) is 7.23. The third-order valence-corrected chi connectivity index (χ3v) is 5.79. The molecule has 1 saturated carbocycles. The monoisotopic (exact) mass is 469 g/mol. The van der Waals surface area contributed by atoms with Gasteiger partial charge in [0.1, 0.15) is 6.29 Å². The molecule has 1 aliphatic carbocycles. The van der Waals surface area contributed by atoms with Crippen molar-refractivity contribution in [3.05, 3.63) is 34.2 Å². The van der Waals surface area contributed by atoms with Crippen LogP contribution in [0.1, 0.15) is 84.6 Å². The zero-order valence-electron chi connectivity index (χ0n) is 20.6. The molecule has 3 rings (SSSR count). The topological polar surface area (TPSA) is 75.2 Å². The van der Waals surface area contributed by atoms with E-state index in [-0.39, 0.29) is 30.4 Å². The van der Waals surface area contributed by atoms with Crippen LogP contribution < -0.4 is 5.69 Å². The number of unbranched alkanes of at least 4 members (excludes halogenated alkanes) is 1. The highest BCUT2D eigenvalue weighted by atomic mass is 32.2. The number of aromatic nitrogens is 2. The van der Waals surface area contributed by atoms with E-state index in [2.05, 4.69) is 24.0 Å². The number of rotatable bonds is 7. The molecule has 8 heteroatoms. The number of nitrogens with one attached hydrogen (secondary N) is 1. The zero-order chi connectivity index (χ0) is 24.7. The average Bonchev–Trinajstić information content (AvgIpc) is 3.09. The van der Waals surface area contributed by atoms with Crippen molar-refractivity contribution in [3.8, 4) is 0 Å². The first-order valence-electron chi connectivity index (χ1n) is 11.6. The van der Waals surface area contributed by atoms with Gasteiger partial charge in [-0.3, -0.25) is 13.7 Å². The number of amides is 1. The Bertz CT molecular complexity index is 860. The number of fused-ring (bicyclic) bond motifs is 1. The number of hydrogen-bond donors (Lipinski definition) is 1. The Balaban J connectivity index is 0.000000561. The Kier molecular flexibility index (Phi) is 15.5. The molecular weight excluding hydrogens is 429 g/mol. The molecule has 0 saturated heterocycles. The second-order valence-corrected chi connectivity index (χ2v) is 7.91. The Hall–Kier alpha value is -2.09. The van der Waals surface area contributed by atoms with Crippen LogP contribution in [-0.2, 0) is 16.6 Å². The van der Waals surface area contributed by atoms with Crippen LogP contribution in [0.4, 0.5) is 3.89 Å². The van der Waals surface area contributed by atoms with Crippen molar-refractivity contribution in [1.82, 2.24) is 13.9 Å². The number of benzene rings is 1. The van der Waals surface area contributed by atoms with E-state index in [0.29, 0.717) is 18.8 Å². The van der Waals surface area contributed by atoms with Crippen LogP contribution in [0.15, 0.2) is 23.0 Å². The van der Waals surface area contributed by atoms with Crippen LogP contribution >= 0.6 is 12.3 Å². The summed E-state index contributed by atoms with van der Waals surface area (Å²) < 4.78 is 14.3. The van der Waals surface area contributed by atoms with Gasteiger partial charge in [0.2, 0.25) is 5.91 Å². The molecule has 32 heavy (non-hydrogen) atoms. The maximum atomic E-state index is 11.7. The molecule has 0 atom stereocenters. The summed E-state index contributed by atoms with van der Waals surface area (Å²) in [6.07, 6.45) is 5.73. The fourth-order valence-electron chi connectivity index (χ4n) is 3.37. The fraction of sp³-hybridized carbons (Fsp3) is 0.625. The van der Waals surface area contributed by atoms with Crippen molar-refractivity contribution in [1.29, 1.82) is 0 Å². The van der Waals surface area contributed by atoms with E-state index in [1.165, 1.54) is 31.9 Å². The molecule has 1 aromatic carbocycles. The third-order valence-electron chi connectivity index (χ3n) is 5.38. The summed E-state index contributed by atoms with van der Waals surface area (Å²) in [4.78, 5) is 35.0. The van der Waals surface area contributed by atoms with Crippen LogP contribution in [0.25, 0.3) is 11.0 Å². The molecule has 0 bridgehead atoms. The van der Waals surface area contributed by atoms with Gasteiger partial charge in [-0.1, -0.05) is 47.1 Å². The van der Waals surface area contributed by atoms with Crippen LogP contribution in [0, 0.1) is 5.92 Å². The van der Waals surface area contributed by atoms with Gasteiger partial charge in [-0.15, -0.1) is 3.89 Å². The first kappa shape index (κ1) is 29.9.